The molecule has 0 aromatic carbocycles. The van der Waals surface area contributed by atoms with Crippen LogP contribution in [0.15, 0.2) is 0 Å². The summed E-state index contributed by atoms with van der Waals surface area (Å²) < 4.78 is 5.11. The maximum absolute atomic E-state index is 11.4. The Morgan fingerprint density at radius 2 is 1.88 bits per heavy atom. The fraction of sp³-hybridized carbons (Fsp3) is 0.833. The number of nitrogens with one attached hydrogen (secondary N) is 1. The minimum absolute atomic E-state index is 0.00125. The Balaban J connectivity index is 3.68. The molecule has 0 aliphatic carbocycles. The lowest BCUT2D eigenvalue weighted by molar-refractivity contribution is -0.137. The van der Waals surface area contributed by atoms with Gasteiger partial charge < -0.3 is 15.2 Å². The summed E-state index contributed by atoms with van der Waals surface area (Å²) >= 11 is 0. The minimum atomic E-state index is -0.780. The molecule has 0 saturated heterocycles. The van der Waals surface area contributed by atoms with Crippen LogP contribution in [0.5, 0.6) is 0 Å². The smallest absolute Gasteiger partial charge is 0.407 e. The topological polar surface area (TPSA) is 75.6 Å². The molecular weight excluding hydrogens is 222 g/mol. The first-order chi connectivity index (χ1) is 7.70. The third-order valence-electron chi connectivity index (χ3n) is 2.04. The molecule has 0 saturated carbocycles. The molecule has 0 spiro atoms. The highest BCUT2D eigenvalue weighted by Gasteiger charge is 2.17. The van der Waals surface area contributed by atoms with Crippen LogP contribution in [0, 0.1) is 0 Å². The zero-order valence-corrected chi connectivity index (χ0v) is 11.1. The van der Waals surface area contributed by atoms with E-state index in [1.807, 2.05) is 27.7 Å². The van der Waals surface area contributed by atoms with Crippen LogP contribution in [0.25, 0.3) is 0 Å². The van der Waals surface area contributed by atoms with E-state index < -0.39 is 17.7 Å². The van der Waals surface area contributed by atoms with E-state index >= 15 is 0 Å². The van der Waals surface area contributed by atoms with Crippen LogP contribution in [0.1, 0.15) is 53.4 Å². The average molecular weight is 245 g/mol. The Morgan fingerprint density at radius 1 is 1.29 bits per heavy atom. The van der Waals surface area contributed by atoms with Crippen molar-refractivity contribution in [1.29, 1.82) is 0 Å². The molecule has 5 heteroatoms. The number of rotatable bonds is 6. The van der Waals surface area contributed by atoms with Gasteiger partial charge in [-0.3, -0.25) is 4.79 Å². The van der Waals surface area contributed by atoms with Gasteiger partial charge in [-0.25, -0.2) is 4.79 Å². The quantitative estimate of drug-likeness (QED) is 0.705. The molecule has 0 heterocycles. The second kappa shape index (κ2) is 7.14. The van der Waals surface area contributed by atoms with E-state index in [-0.39, 0.29) is 12.5 Å². The van der Waals surface area contributed by atoms with Gasteiger partial charge in [0, 0.05) is 12.5 Å². The first-order valence-electron chi connectivity index (χ1n) is 5.92. The molecule has 0 aliphatic rings. The lowest BCUT2D eigenvalue weighted by Crippen LogP contribution is -2.37. The van der Waals surface area contributed by atoms with Crippen LogP contribution in [0.2, 0.25) is 0 Å². The van der Waals surface area contributed by atoms with E-state index in [1.165, 1.54) is 0 Å². The number of carboxylic acids is 1. The zero-order valence-electron chi connectivity index (χ0n) is 11.1. The number of carbonyl (C=O) groups is 2. The molecule has 5 nitrogen and oxygen atoms in total. The van der Waals surface area contributed by atoms with Crippen LogP contribution >= 0.6 is 0 Å². The van der Waals surface area contributed by atoms with Crippen molar-refractivity contribution in [3.63, 3.8) is 0 Å². The maximum Gasteiger partial charge on any atom is 0.407 e. The molecule has 0 aromatic rings. The van der Waals surface area contributed by atoms with Gasteiger partial charge in [0.15, 0.2) is 0 Å². The summed E-state index contributed by atoms with van der Waals surface area (Å²) in [6.45, 7) is 7.31. The van der Waals surface area contributed by atoms with E-state index in [1.54, 1.807) is 0 Å². The van der Waals surface area contributed by atoms with E-state index in [9.17, 15) is 9.59 Å². The highest BCUT2D eigenvalue weighted by atomic mass is 16.6. The zero-order chi connectivity index (χ0) is 13.5. The molecule has 2 N–H and O–H groups in total. The molecular formula is C12H23NO4. The van der Waals surface area contributed by atoms with Crippen LogP contribution in [-0.4, -0.2) is 28.8 Å². The van der Waals surface area contributed by atoms with Crippen LogP contribution < -0.4 is 5.32 Å². The Hall–Kier alpha value is -1.26. The number of alkyl carbamates (subject to hydrolysis) is 1. The van der Waals surface area contributed by atoms with Gasteiger partial charge in [-0.15, -0.1) is 0 Å². The van der Waals surface area contributed by atoms with Crippen molar-refractivity contribution in [2.24, 2.45) is 0 Å². The fourth-order valence-corrected chi connectivity index (χ4v) is 1.31. The third kappa shape index (κ3) is 11.0. The van der Waals surface area contributed by atoms with Crippen molar-refractivity contribution in [1.82, 2.24) is 5.32 Å². The Labute approximate surface area is 103 Å². The van der Waals surface area contributed by atoms with Crippen LogP contribution in [0.3, 0.4) is 0 Å². The van der Waals surface area contributed by atoms with Gasteiger partial charge in [0.2, 0.25) is 0 Å². The van der Waals surface area contributed by atoms with Gasteiger partial charge in [-0.1, -0.05) is 6.42 Å². The van der Waals surface area contributed by atoms with Gasteiger partial charge in [-0.2, -0.15) is 0 Å². The summed E-state index contributed by atoms with van der Waals surface area (Å²) in [7, 11) is 0. The molecule has 1 unspecified atom stereocenters. The Morgan fingerprint density at radius 3 is 2.35 bits per heavy atom. The van der Waals surface area contributed by atoms with E-state index in [2.05, 4.69) is 5.32 Å². The van der Waals surface area contributed by atoms with Gasteiger partial charge in [0.25, 0.3) is 0 Å². The number of amides is 1. The lowest BCUT2D eigenvalue weighted by atomic mass is 10.1. The number of carbonyl (C=O) groups excluding carboxylic acids is 1. The van der Waals surface area contributed by atoms with Crippen molar-refractivity contribution in [2.45, 2.75) is 65.0 Å². The van der Waals surface area contributed by atoms with Gasteiger partial charge in [0.1, 0.15) is 5.60 Å². The Kier molecular flexibility index (Phi) is 6.61. The molecule has 0 radical (unpaired) electrons. The van der Waals surface area contributed by atoms with E-state index in [4.69, 9.17) is 9.84 Å². The molecule has 1 atom stereocenters. The first kappa shape index (κ1) is 15.7. The molecule has 0 aliphatic heterocycles. The summed E-state index contributed by atoms with van der Waals surface area (Å²) in [5.74, 6) is -0.780. The van der Waals surface area contributed by atoms with E-state index in [0.29, 0.717) is 6.42 Å². The molecule has 100 valence electrons. The summed E-state index contributed by atoms with van der Waals surface area (Å²) in [5, 5.41) is 11.2. The third-order valence-corrected chi connectivity index (χ3v) is 2.04. The van der Waals surface area contributed by atoms with Crippen molar-refractivity contribution in [2.75, 3.05) is 0 Å². The number of ether oxygens (including phenoxy) is 1. The van der Waals surface area contributed by atoms with Crippen molar-refractivity contribution < 1.29 is 19.4 Å². The minimum Gasteiger partial charge on any atom is -0.481 e. The number of carboxylic acid groups (broad SMARTS) is 1. The fourth-order valence-electron chi connectivity index (χ4n) is 1.31. The number of aliphatic carboxylic acids is 1. The number of hydrogen-bond donors (Lipinski definition) is 2. The van der Waals surface area contributed by atoms with Crippen LogP contribution in [0.4, 0.5) is 4.79 Å². The predicted molar refractivity (Wildman–Crippen MR) is 64.9 cm³/mol. The second-order valence-corrected chi connectivity index (χ2v) is 5.19. The maximum atomic E-state index is 11.4. The SMILES string of the molecule is CC(CCCCC(=O)O)NC(=O)OC(C)(C)C. The number of unbranched alkanes of at least 4 members (excludes halogenated alkanes) is 1. The number of hydrogen-bond acceptors (Lipinski definition) is 3. The van der Waals surface area contributed by atoms with Gasteiger partial charge >= 0.3 is 12.1 Å². The summed E-state index contributed by atoms with van der Waals surface area (Å²) in [5.41, 5.74) is -0.493. The highest BCUT2D eigenvalue weighted by Crippen LogP contribution is 2.08. The normalized spacial score (nSPS) is 12.9. The predicted octanol–water partition coefficient (Wildman–Crippen LogP) is 2.54. The summed E-state index contributed by atoms with van der Waals surface area (Å²) in [6.07, 6.45) is 1.92. The molecule has 17 heavy (non-hydrogen) atoms. The van der Waals surface area contributed by atoms with Crippen molar-refractivity contribution in [3.8, 4) is 0 Å². The highest BCUT2D eigenvalue weighted by molar-refractivity contribution is 5.68. The van der Waals surface area contributed by atoms with Crippen molar-refractivity contribution in [3.05, 3.63) is 0 Å². The largest absolute Gasteiger partial charge is 0.481 e. The molecule has 0 bridgehead atoms. The van der Waals surface area contributed by atoms with Gasteiger partial charge in [0.05, 0.1) is 0 Å². The monoisotopic (exact) mass is 245 g/mol. The molecule has 1 amide bonds. The van der Waals surface area contributed by atoms with E-state index in [0.717, 1.165) is 12.8 Å². The Bertz CT molecular complexity index is 258. The summed E-state index contributed by atoms with van der Waals surface area (Å²) in [6, 6.07) is -0.00125. The summed E-state index contributed by atoms with van der Waals surface area (Å²) in [4.78, 5) is 21.7. The van der Waals surface area contributed by atoms with Crippen LogP contribution in [-0.2, 0) is 9.53 Å². The first-order valence-corrected chi connectivity index (χ1v) is 5.92. The molecule has 0 rings (SSSR count). The molecule has 0 aromatic heterocycles. The van der Waals surface area contributed by atoms with Gasteiger partial charge in [-0.05, 0) is 40.5 Å². The second-order valence-electron chi connectivity index (χ2n) is 5.19. The molecule has 0 fully saturated rings. The van der Waals surface area contributed by atoms with Crippen molar-refractivity contribution >= 4 is 12.1 Å². The average Bonchev–Trinajstić information content (AvgIpc) is 2.08. The standard InChI is InChI=1S/C12H23NO4/c1-9(7-5-6-8-10(14)15)13-11(16)17-12(2,3)4/h9H,5-8H2,1-4H3,(H,13,16)(H,14,15). The lowest BCUT2D eigenvalue weighted by Gasteiger charge is -2.21.